The Morgan fingerprint density at radius 1 is 1.18 bits per heavy atom. The van der Waals surface area contributed by atoms with Crippen LogP contribution in [0.5, 0.6) is 0 Å². The summed E-state index contributed by atoms with van der Waals surface area (Å²) < 4.78 is 33.0. The number of alkyl carbamates (subject to hydrolysis) is 1. The molecule has 0 aromatic heterocycles. The second-order valence-corrected chi connectivity index (χ2v) is 11.7. The van der Waals surface area contributed by atoms with Crippen LogP contribution in [0, 0.1) is 28.9 Å². The summed E-state index contributed by atoms with van der Waals surface area (Å²) >= 11 is 0. The van der Waals surface area contributed by atoms with E-state index in [-0.39, 0.29) is 30.3 Å². The van der Waals surface area contributed by atoms with E-state index in [1.165, 1.54) is 17.0 Å². The molecule has 1 N–H and O–H groups in total. The zero-order valence-corrected chi connectivity index (χ0v) is 22.4. The molecule has 0 radical (unpaired) electrons. The first-order valence-corrected chi connectivity index (χ1v) is 13.0. The molecule has 0 aliphatic carbocycles. The lowest BCUT2D eigenvalue weighted by molar-refractivity contribution is -0.141. The number of ether oxygens (including phenoxy) is 1. The van der Waals surface area contributed by atoms with Gasteiger partial charge in [0.25, 0.3) is 0 Å². The summed E-state index contributed by atoms with van der Waals surface area (Å²) in [5, 5.41) is 12.2. The lowest BCUT2D eigenvalue weighted by Gasteiger charge is -2.39. The molecule has 11 heteroatoms. The van der Waals surface area contributed by atoms with Crippen LogP contribution in [-0.4, -0.2) is 82.0 Å². The first-order valence-electron chi connectivity index (χ1n) is 13.0. The summed E-state index contributed by atoms with van der Waals surface area (Å²) in [4.78, 5) is 44.6. The van der Waals surface area contributed by atoms with Gasteiger partial charge in [-0.3, -0.25) is 14.5 Å². The molecule has 3 amide bonds. The number of amides is 3. The summed E-state index contributed by atoms with van der Waals surface area (Å²) in [6, 6.07) is 2.58. The fraction of sp³-hybridized carbons (Fsp3) is 0.630. The Labute approximate surface area is 221 Å². The van der Waals surface area contributed by atoms with Crippen LogP contribution in [0.2, 0.25) is 0 Å². The van der Waals surface area contributed by atoms with Crippen LogP contribution in [0.1, 0.15) is 59.1 Å². The normalized spacial score (nSPS) is 26.8. The molecular weight excluding hydrogens is 496 g/mol. The van der Waals surface area contributed by atoms with E-state index in [1.54, 1.807) is 32.6 Å². The minimum Gasteiger partial charge on any atom is -0.444 e. The molecule has 1 aromatic rings. The van der Waals surface area contributed by atoms with Gasteiger partial charge >= 0.3 is 6.09 Å². The van der Waals surface area contributed by atoms with Crippen molar-refractivity contribution in [2.24, 2.45) is 5.92 Å². The number of nitriles is 1. The molecule has 0 spiro atoms. The van der Waals surface area contributed by atoms with Gasteiger partial charge in [0.15, 0.2) is 0 Å². The van der Waals surface area contributed by atoms with Crippen molar-refractivity contribution in [1.29, 1.82) is 5.26 Å². The van der Waals surface area contributed by atoms with Crippen LogP contribution in [0.15, 0.2) is 18.2 Å². The van der Waals surface area contributed by atoms with E-state index < -0.39 is 47.5 Å². The largest absolute Gasteiger partial charge is 0.444 e. The molecule has 3 aliphatic heterocycles. The van der Waals surface area contributed by atoms with Gasteiger partial charge in [-0.25, -0.2) is 13.6 Å². The summed E-state index contributed by atoms with van der Waals surface area (Å²) in [7, 11) is 0. The number of fused-ring (bicyclic) bond motifs is 2. The standard InChI is InChI=1S/C27H35F2N5O4/c1-15-6-20(11-30)33(12-15)24(35)22(31-26(37)38-27(3,4)5)14-32-13-21-10-23(32)25(36)34(21)16(2)17-7-18(28)9-19(29)8-17/h7-9,15-16,20-23H,6,10,12-14H2,1-5H3,(H,31,37)/t15?,16-,20?,21?,22?,23?/m0/s1. The Hall–Kier alpha value is -3.26. The van der Waals surface area contributed by atoms with Crippen LogP contribution >= 0.6 is 0 Å². The maximum Gasteiger partial charge on any atom is 0.408 e. The second-order valence-electron chi connectivity index (χ2n) is 11.7. The number of nitrogens with zero attached hydrogens (tertiary/aromatic N) is 4. The van der Waals surface area contributed by atoms with Crippen LogP contribution in [0.3, 0.4) is 0 Å². The topological polar surface area (TPSA) is 106 Å². The van der Waals surface area contributed by atoms with Gasteiger partial charge in [-0.05, 0) is 64.2 Å². The first kappa shape index (κ1) is 27.8. The number of halogens is 2. The third kappa shape index (κ3) is 5.75. The smallest absolute Gasteiger partial charge is 0.408 e. The number of likely N-dealkylation sites (tertiary alicyclic amines) is 3. The van der Waals surface area contributed by atoms with Crippen molar-refractivity contribution < 1.29 is 27.9 Å². The summed E-state index contributed by atoms with van der Waals surface area (Å²) in [5.74, 6) is -1.83. The Kier molecular flexibility index (Phi) is 7.66. The van der Waals surface area contributed by atoms with Gasteiger partial charge in [0.05, 0.1) is 18.2 Å². The quantitative estimate of drug-likeness (QED) is 0.605. The SMILES string of the molecule is CC1CC(C#N)N(C(=O)C(CN2CC3CC2C(=O)N3[C@@H](C)c2cc(F)cc(F)c2)NC(=O)OC(C)(C)C)C1. The molecule has 2 bridgehead atoms. The van der Waals surface area contributed by atoms with Crippen molar-refractivity contribution in [1.82, 2.24) is 20.0 Å². The molecule has 3 heterocycles. The molecule has 6 atom stereocenters. The predicted octanol–water partition coefficient (Wildman–Crippen LogP) is 2.96. The second kappa shape index (κ2) is 10.5. The molecule has 206 valence electrons. The Morgan fingerprint density at radius 2 is 1.84 bits per heavy atom. The average Bonchev–Trinajstić information content (AvgIpc) is 3.47. The molecule has 3 fully saturated rings. The average molecular weight is 532 g/mol. The van der Waals surface area contributed by atoms with Gasteiger partial charge in [0.2, 0.25) is 11.8 Å². The molecule has 9 nitrogen and oxygen atoms in total. The molecule has 4 rings (SSSR count). The number of hydrogen-bond donors (Lipinski definition) is 1. The molecule has 5 unspecified atom stereocenters. The van der Waals surface area contributed by atoms with Crippen molar-refractivity contribution in [2.45, 2.75) is 83.3 Å². The van der Waals surface area contributed by atoms with Gasteiger partial charge in [-0.2, -0.15) is 5.26 Å². The van der Waals surface area contributed by atoms with Gasteiger partial charge in [-0.15, -0.1) is 0 Å². The lowest BCUT2D eigenvalue weighted by atomic mass is 10.0. The maximum absolute atomic E-state index is 13.8. The third-order valence-corrected chi connectivity index (χ3v) is 7.45. The zero-order valence-electron chi connectivity index (χ0n) is 22.4. The van der Waals surface area contributed by atoms with Crippen LogP contribution in [0.25, 0.3) is 0 Å². The van der Waals surface area contributed by atoms with Crippen LogP contribution < -0.4 is 5.32 Å². The highest BCUT2D eigenvalue weighted by atomic mass is 19.1. The van der Waals surface area contributed by atoms with Gasteiger partial charge in [0, 0.05) is 31.7 Å². The summed E-state index contributed by atoms with van der Waals surface area (Å²) in [6.45, 7) is 9.78. The predicted molar refractivity (Wildman–Crippen MR) is 133 cm³/mol. The lowest BCUT2D eigenvalue weighted by Crippen LogP contribution is -2.59. The summed E-state index contributed by atoms with van der Waals surface area (Å²) in [5.41, 5.74) is -0.398. The van der Waals surface area contributed by atoms with Crippen molar-refractivity contribution in [3.63, 3.8) is 0 Å². The highest BCUT2D eigenvalue weighted by Crippen LogP contribution is 2.38. The van der Waals surface area contributed by atoms with Crippen molar-refractivity contribution in [3.8, 4) is 6.07 Å². The van der Waals surface area contributed by atoms with Crippen molar-refractivity contribution in [2.75, 3.05) is 19.6 Å². The van der Waals surface area contributed by atoms with Crippen LogP contribution in [0.4, 0.5) is 13.6 Å². The van der Waals surface area contributed by atoms with Gasteiger partial charge < -0.3 is 19.9 Å². The van der Waals surface area contributed by atoms with Gasteiger partial charge in [-0.1, -0.05) is 6.92 Å². The zero-order chi connectivity index (χ0) is 27.9. The van der Waals surface area contributed by atoms with E-state index in [1.807, 2.05) is 11.8 Å². The molecule has 1 aromatic carbocycles. The maximum atomic E-state index is 13.8. The van der Waals surface area contributed by atoms with E-state index in [2.05, 4.69) is 11.4 Å². The minimum absolute atomic E-state index is 0.0742. The number of hydrogen-bond acceptors (Lipinski definition) is 6. The van der Waals surface area contributed by atoms with Crippen LogP contribution in [-0.2, 0) is 14.3 Å². The number of rotatable bonds is 6. The highest BCUT2D eigenvalue weighted by Gasteiger charge is 2.52. The van der Waals surface area contributed by atoms with Gasteiger partial charge in [0.1, 0.15) is 29.3 Å². The Balaban J connectivity index is 1.50. The van der Waals surface area contributed by atoms with E-state index in [0.29, 0.717) is 31.5 Å². The van der Waals surface area contributed by atoms with E-state index in [0.717, 1.165) is 6.07 Å². The number of nitrogens with one attached hydrogen (secondary N) is 1. The molecular formula is C27H35F2N5O4. The number of carbonyl (C=O) groups is 3. The minimum atomic E-state index is -1.01. The number of piperazine rings is 1. The molecule has 3 aliphatic rings. The fourth-order valence-corrected chi connectivity index (χ4v) is 5.86. The molecule has 3 saturated heterocycles. The number of benzene rings is 1. The molecule has 0 saturated carbocycles. The number of carbonyl (C=O) groups excluding carboxylic acids is 3. The Morgan fingerprint density at radius 3 is 2.42 bits per heavy atom. The fourth-order valence-electron chi connectivity index (χ4n) is 5.86. The van der Waals surface area contributed by atoms with Crippen molar-refractivity contribution in [3.05, 3.63) is 35.4 Å². The van der Waals surface area contributed by atoms with E-state index in [4.69, 9.17) is 4.74 Å². The highest BCUT2D eigenvalue weighted by molar-refractivity contribution is 5.88. The first-order chi connectivity index (χ1) is 17.8. The third-order valence-electron chi connectivity index (χ3n) is 7.45. The van der Waals surface area contributed by atoms with E-state index in [9.17, 15) is 28.4 Å². The molecule has 38 heavy (non-hydrogen) atoms. The van der Waals surface area contributed by atoms with Crippen molar-refractivity contribution >= 4 is 17.9 Å². The monoisotopic (exact) mass is 531 g/mol. The summed E-state index contributed by atoms with van der Waals surface area (Å²) in [6.07, 6.45) is 0.313. The Bertz CT molecular complexity index is 1130. The van der Waals surface area contributed by atoms with E-state index >= 15 is 0 Å².